The third-order valence-electron chi connectivity index (χ3n) is 2.19. The van der Waals surface area contributed by atoms with E-state index in [0.717, 1.165) is 19.4 Å². The van der Waals surface area contributed by atoms with Gasteiger partial charge in [0.2, 0.25) is 0 Å². The average molecular weight is 243 g/mol. The molecule has 0 aromatic heterocycles. The minimum Gasteiger partial charge on any atom is -0.495 e. The predicted molar refractivity (Wildman–Crippen MR) is 65.5 cm³/mol. The van der Waals surface area contributed by atoms with E-state index in [0.29, 0.717) is 10.8 Å². The Balaban J connectivity index is 2.49. The number of hydrogen-bond acceptors (Lipinski definition) is 1. The van der Waals surface area contributed by atoms with Gasteiger partial charge in [-0.05, 0) is 30.5 Å². The van der Waals surface area contributed by atoms with Crippen LogP contribution in [0.3, 0.4) is 0 Å². The summed E-state index contributed by atoms with van der Waals surface area (Å²) in [6.07, 6.45) is 1.87. The van der Waals surface area contributed by atoms with Crippen molar-refractivity contribution in [2.24, 2.45) is 11.5 Å². The molecule has 4 nitrogen and oxygen atoms in total. The van der Waals surface area contributed by atoms with Gasteiger partial charge in [-0.2, -0.15) is 0 Å². The first kappa shape index (κ1) is 12.6. The van der Waals surface area contributed by atoms with Gasteiger partial charge in [-0.1, -0.05) is 17.7 Å². The minimum atomic E-state index is 0.257. The van der Waals surface area contributed by atoms with Crippen LogP contribution in [0.1, 0.15) is 12.0 Å². The molecule has 5 heteroatoms. The van der Waals surface area contributed by atoms with Gasteiger partial charge >= 0.3 is 5.96 Å². The molecule has 0 heterocycles. The summed E-state index contributed by atoms with van der Waals surface area (Å²) in [6.45, 7) is 0.756. The molecule has 1 aromatic carbocycles. The van der Waals surface area contributed by atoms with E-state index in [1.54, 1.807) is 7.11 Å². The van der Waals surface area contributed by atoms with E-state index < -0.39 is 0 Å². The van der Waals surface area contributed by atoms with Crippen LogP contribution in [-0.2, 0) is 6.42 Å². The molecule has 0 unspecified atom stereocenters. The van der Waals surface area contributed by atoms with Gasteiger partial charge in [0.25, 0.3) is 0 Å². The molecule has 0 bridgehead atoms. The number of aryl methyl sites for hydroxylation is 1. The standard InChI is InChI=1S/C11H16ClN3O/c1-16-10-5-4-8(7-9(10)12)3-2-6-15-11(13)14/h4-5,7H,2-3,6H2,1H3,(H4,13,14,15)/p+1. The fourth-order valence-electron chi connectivity index (χ4n) is 1.39. The first-order valence-electron chi connectivity index (χ1n) is 5.07. The zero-order valence-electron chi connectivity index (χ0n) is 9.29. The van der Waals surface area contributed by atoms with E-state index in [2.05, 4.69) is 4.99 Å². The van der Waals surface area contributed by atoms with Gasteiger partial charge in [-0.25, -0.2) is 0 Å². The molecule has 5 N–H and O–H groups in total. The highest BCUT2D eigenvalue weighted by molar-refractivity contribution is 6.32. The van der Waals surface area contributed by atoms with Gasteiger partial charge in [-0.15, -0.1) is 0 Å². The Bertz CT molecular complexity index is 375. The Kier molecular flexibility index (Phi) is 4.92. The summed E-state index contributed by atoms with van der Waals surface area (Å²) in [7, 11) is 1.60. The topological polar surface area (TPSA) is 75.2 Å². The summed E-state index contributed by atoms with van der Waals surface area (Å²) in [5.41, 5.74) is 11.7. The summed E-state index contributed by atoms with van der Waals surface area (Å²) in [5.74, 6) is 0.954. The van der Waals surface area contributed by atoms with E-state index in [1.807, 2.05) is 18.2 Å². The van der Waals surface area contributed by atoms with Gasteiger partial charge in [0.1, 0.15) is 5.75 Å². The first-order valence-corrected chi connectivity index (χ1v) is 5.45. The quantitative estimate of drug-likeness (QED) is 0.375. The highest BCUT2D eigenvalue weighted by atomic mass is 35.5. The smallest absolute Gasteiger partial charge is 0.338 e. The number of guanidine groups is 1. The lowest BCUT2D eigenvalue weighted by atomic mass is 10.1. The molecule has 16 heavy (non-hydrogen) atoms. The number of halogens is 1. The van der Waals surface area contributed by atoms with Crippen molar-refractivity contribution >= 4 is 17.6 Å². The number of hydrogen-bond donors (Lipinski definition) is 3. The Morgan fingerprint density at radius 3 is 2.75 bits per heavy atom. The molecule has 0 aliphatic rings. The molecule has 0 radical (unpaired) electrons. The fraction of sp³-hybridized carbons (Fsp3) is 0.364. The van der Waals surface area contributed by atoms with Crippen molar-refractivity contribution in [1.29, 1.82) is 0 Å². The molecular formula is C11H17ClN3O+. The highest BCUT2D eigenvalue weighted by Crippen LogP contribution is 2.25. The molecule has 0 atom stereocenters. The van der Waals surface area contributed by atoms with Gasteiger partial charge in [-0.3, -0.25) is 16.5 Å². The molecule has 0 aliphatic heterocycles. The molecule has 1 aromatic rings. The summed E-state index contributed by atoms with van der Waals surface area (Å²) < 4.78 is 5.08. The minimum absolute atomic E-state index is 0.257. The molecule has 0 amide bonds. The fourth-order valence-corrected chi connectivity index (χ4v) is 1.67. The van der Waals surface area contributed by atoms with Crippen LogP contribution in [-0.4, -0.2) is 19.6 Å². The van der Waals surface area contributed by atoms with Gasteiger partial charge in [0, 0.05) is 0 Å². The molecule has 0 fully saturated rings. The largest absolute Gasteiger partial charge is 0.495 e. The van der Waals surface area contributed by atoms with Crippen molar-refractivity contribution in [3.05, 3.63) is 28.8 Å². The zero-order chi connectivity index (χ0) is 12.0. The molecule has 0 saturated carbocycles. The van der Waals surface area contributed by atoms with Crippen LogP contribution in [0.15, 0.2) is 18.2 Å². The maximum Gasteiger partial charge on any atom is 0.338 e. The van der Waals surface area contributed by atoms with Crippen LogP contribution in [0.4, 0.5) is 0 Å². The molecule has 1 rings (SSSR count). The summed E-state index contributed by atoms with van der Waals surface area (Å²) in [5, 5.41) is 0.637. The SMILES string of the molecule is COc1ccc(CCC[NH+]=C(N)N)cc1Cl. The Morgan fingerprint density at radius 1 is 1.44 bits per heavy atom. The monoisotopic (exact) mass is 242 g/mol. The van der Waals surface area contributed by atoms with Crippen LogP contribution < -0.4 is 21.2 Å². The molecule has 0 aliphatic carbocycles. The van der Waals surface area contributed by atoms with E-state index in [-0.39, 0.29) is 5.96 Å². The van der Waals surface area contributed by atoms with E-state index in [1.165, 1.54) is 5.56 Å². The Morgan fingerprint density at radius 2 is 2.19 bits per heavy atom. The van der Waals surface area contributed by atoms with Gasteiger partial charge in [0.05, 0.1) is 18.7 Å². The average Bonchev–Trinajstić information content (AvgIpc) is 2.24. The van der Waals surface area contributed by atoms with Gasteiger partial charge < -0.3 is 4.74 Å². The van der Waals surface area contributed by atoms with Crippen molar-refractivity contribution in [2.45, 2.75) is 12.8 Å². The lowest BCUT2D eigenvalue weighted by Gasteiger charge is -2.05. The van der Waals surface area contributed by atoms with Crippen molar-refractivity contribution in [1.82, 2.24) is 0 Å². The number of benzene rings is 1. The maximum absolute atomic E-state index is 6.01. The van der Waals surface area contributed by atoms with Crippen molar-refractivity contribution in [2.75, 3.05) is 13.7 Å². The molecule has 0 spiro atoms. The maximum atomic E-state index is 6.01. The van der Waals surface area contributed by atoms with Gasteiger partial charge in [0.15, 0.2) is 0 Å². The van der Waals surface area contributed by atoms with Crippen molar-refractivity contribution in [3.63, 3.8) is 0 Å². The Hall–Kier alpha value is -1.42. The third-order valence-corrected chi connectivity index (χ3v) is 2.48. The Labute approximate surface area is 100 Å². The normalized spacial score (nSPS) is 9.88. The lowest BCUT2D eigenvalue weighted by Crippen LogP contribution is -2.78. The number of rotatable bonds is 5. The predicted octanol–water partition coefficient (Wildman–Crippen LogP) is -0.365. The van der Waals surface area contributed by atoms with Crippen LogP contribution in [0, 0.1) is 0 Å². The highest BCUT2D eigenvalue weighted by Gasteiger charge is 2.01. The summed E-state index contributed by atoms with van der Waals surface area (Å²) >= 11 is 6.01. The van der Waals surface area contributed by atoms with E-state index in [9.17, 15) is 0 Å². The third kappa shape index (κ3) is 3.98. The van der Waals surface area contributed by atoms with Crippen LogP contribution in [0.25, 0.3) is 0 Å². The number of methoxy groups -OCH3 is 1. The van der Waals surface area contributed by atoms with Crippen molar-refractivity contribution in [3.8, 4) is 5.75 Å². The lowest BCUT2D eigenvalue weighted by molar-refractivity contribution is -0.459. The zero-order valence-corrected chi connectivity index (χ0v) is 10.1. The molecule has 88 valence electrons. The summed E-state index contributed by atoms with van der Waals surface area (Å²) in [6, 6.07) is 5.78. The second-order valence-electron chi connectivity index (χ2n) is 3.45. The number of ether oxygens (including phenoxy) is 1. The van der Waals surface area contributed by atoms with E-state index in [4.69, 9.17) is 27.8 Å². The second-order valence-corrected chi connectivity index (χ2v) is 3.86. The number of nitrogens with one attached hydrogen (secondary N) is 1. The van der Waals surface area contributed by atoms with E-state index >= 15 is 0 Å². The number of nitrogens with two attached hydrogens (primary N) is 2. The van der Waals surface area contributed by atoms with Crippen LogP contribution in [0.2, 0.25) is 5.02 Å². The summed E-state index contributed by atoms with van der Waals surface area (Å²) in [4.78, 5) is 2.87. The first-order chi connectivity index (χ1) is 7.63. The molecular weight excluding hydrogens is 226 g/mol. The van der Waals surface area contributed by atoms with Crippen LogP contribution in [0.5, 0.6) is 5.75 Å². The molecule has 0 saturated heterocycles. The van der Waals surface area contributed by atoms with Crippen molar-refractivity contribution < 1.29 is 9.73 Å². The van der Waals surface area contributed by atoms with Crippen LogP contribution >= 0.6 is 11.6 Å². The second kappa shape index (κ2) is 6.23.